The third-order valence-corrected chi connectivity index (χ3v) is 3.80. The van der Waals surface area contributed by atoms with E-state index in [4.69, 9.17) is 5.11 Å². The highest BCUT2D eigenvalue weighted by molar-refractivity contribution is 5.05. The minimum Gasteiger partial charge on any atom is -0.390 e. The summed E-state index contributed by atoms with van der Waals surface area (Å²) >= 11 is 0. The van der Waals surface area contributed by atoms with Crippen molar-refractivity contribution in [2.45, 2.75) is 58.0 Å². The quantitative estimate of drug-likeness (QED) is 0.871. The monoisotopic (exact) mass is 234 g/mol. The Balaban J connectivity index is 1.95. The SMILES string of the molecule is CCCC1CCC(c2nccc(CO)n2)CC1. The van der Waals surface area contributed by atoms with Gasteiger partial charge < -0.3 is 5.11 Å². The molecule has 3 heteroatoms. The van der Waals surface area contributed by atoms with Gasteiger partial charge in [0, 0.05) is 12.1 Å². The van der Waals surface area contributed by atoms with Gasteiger partial charge in [-0.1, -0.05) is 19.8 Å². The largest absolute Gasteiger partial charge is 0.390 e. The maximum absolute atomic E-state index is 9.08. The van der Waals surface area contributed by atoms with Crippen LogP contribution >= 0.6 is 0 Å². The molecule has 17 heavy (non-hydrogen) atoms. The highest BCUT2D eigenvalue weighted by Crippen LogP contribution is 2.35. The second-order valence-electron chi connectivity index (χ2n) is 5.07. The van der Waals surface area contributed by atoms with E-state index in [1.54, 1.807) is 12.3 Å². The molecule has 1 aliphatic rings. The Morgan fingerprint density at radius 2 is 2.06 bits per heavy atom. The van der Waals surface area contributed by atoms with E-state index in [0.29, 0.717) is 5.92 Å². The lowest BCUT2D eigenvalue weighted by Gasteiger charge is -2.27. The maximum Gasteiger partial charge on any atom is 0.131 e. The number of hydrogen-bond acceptors (Lipinski definition) is 3. The van der Waals surface area contributed by atoms with E-state index in [9.17, 15) is 0 Å². The van der Waals surface area contributed by atoms with Crippen LogP contribution in [0.15, 0.2) is 12.3 Å². The van der Waals surface area contributed by atoms with Crippen LogP contribution in [0.3, 0.4) is 0 Å². The fourth-order valence-electron chi connectivity index (χ4n) is 2.82. The van der Waals surface area contributed by atoms with Crippen molar-refractivity contribution in [3.05, 3.63) is 23.8 Å². The fourth-order valence-corrected chi connectivity index (χ4v) is 2.82. The molecular weight excluding hydrogens is 212 g/mol. The van der Waals surface area contributed by atoms with Gasteiger partial charge in [0.1, 0.15) is 5.82 Å². The summed E-state index contributed by atoms with van der Waals surface area (Å²) in [4.78, 5) is 8.78. The molecule has 0 amide bonds. The van der Waals surface area contributed by atoms with E-state index in [-0.39, 0.29) is 6.61 Å². The van der Waals surface area contributed by atoms with Crippen LogP contribution in [-0.4, -0.2) is 15.1 Å². The number of aliphatic hydroxyl groups excluding tert-OH is 1. The van der Waals surface area contributed by atoms with E-state index in [1.165, 1.54) is 38.5 Å². The molecule has 3 nitrogen and oxygen atoms in total. The summed E-state index contributed by atoms with van der Waals surface area (Å²) < 4.78 is 0. The van der Waals surface area contributed by atoms with Crippen LogP contribution < -0.4 is 0 Å². The van der Waals surface area contributed by atoms with Gasteiger partial charge in [-0.15, -0.1) is 0 Å². The van der Waals surface area contributed by atoms with Gasteiger partial charge >= 0.3 is 0 Å². The number of rotatable bonds is 4. The van der Waals surface area contributed by atoms with Crippen LogP contribution in [0.4, 0.5) is 0 Å². The molecule has 0 aromatic carbocycles. The average Bonchev–Trinajstić information content (AvgIpc) is 2.40. The van der Waals surface area contributed by atoms with Crippen molar-refractivity contribution in [1.29, 1.82) is 0 Å². The van der Waals surface area contributed by atoms with Crippen LogP contribution in [0.25, 0.3) is 0 Å². The van der Waals surface area contributed by atoms with Crippen LogP contribution in [0.1, 0.15) is 62.9 Å². The molecule has 1 N–H and O–H groups in total. The van der Waals surface area contributed by atoms with Crippen molar-refractivity contribution in [2.75, 3.05) is 0 Å². The summed E-state index contributed by atoms with van der Waals surface area (Å²) in [5.41, 5.74) is 0.741. The Morgan fingerprint density at radius 1 is 1.29 bits per heavy atom. The number of hydrogen-bond donors (Lipinski definition) is 1. The van der Waals surface area contributed by atoms with Crippen molar-refractivity contribution >= 4 is 0 Å². The van der Waals surface area contributed by atoms with Gasteiger partial charge in [0.25, 0.3) is 0 Å². The van der Waals surface area contributed by atoms with E-state index < -0.39 is 0 Å². The van der Waals surface area contributed by atoms with Crippen molar-refractivity contribution in [1.82, 2.24) is 9.97 Å². The predicted octanol–water partition coefficient (Wildman–Crippen LogP) is 3.04. The number of nitrogens with zero attached hydrogens (tertiary/aromatic N) is 2. The molecule has 0 atom stereocenters. The maximum atomic E-state index is 9.08. The molecule has 0 spiro atoms. The summed E-state index contributed by atoms with van der Waals surface area (Å²) in [6.45, 7) is 2.28. The van der Waals surface area contributed by atoms with Gasteiger partial charge in [-0.2, -0.15) is 0 Å². The van der Waals surface area contributed by atoms with Crippen molar-refractivity contribution < 1.29 is 5.11 Å². The molecule has 1 aliphatic carbocycles. The number of aromatic nitrogens is 2. The van der Waals surface area contributed by atoms with Gasteiger partial charge in [-0.3, -0.25) is 0 Å². The smallest absolute Gasteiger partial charge is 0.131 e. The van der Waals surface area contributed by atoms with E-state index in [0.717, 1.165) is 17.4 Å². The zero-order chi connectivity index (χ0) is 12.1. The molecule has 1 saturated carbocycles. The van der Waals surface area contributed by atoms with E-state index in [2.05, 4.69) is 16.9 Å². The Hall–Kier alpha value is -0.960. The fraction of sp³-hybridized carbons (Fsp3) is 0.714. The van der Waals surface area contributed by atoms with Gasteiger partial charge in [0.15, 0.2) is 0 Å². The van der Waals surface area contributed by atoms with Gasteiger partial charge in [-0.05, 0) is 37.7 Å². The van der Waals surface area contributed by atoms with Gasteiger partial charge in [-0.25, -0.2) is 9.97 Å². The summed E-state index contributed by atoms with van der Waals surface area (Å²) in [6, 6.07) is 1.78. The van der Waals surface area contributed by atoms with Gasteiger partial charge in [0.05, 0.1) is 12.3 Å². The number of aliphatic hydroxyl groups is 1. The molecule has 1 aromatic heterocycles. The molecule has 0 aliphatic heterocycles. The second-order valence-corrected chi connectivity index (χ2v) is 5.07. The van der Waals surface area contributed by atoms with Crippen LogP contribution in [0, 0.1) is 5.92 Å². The molecule has 1 heterocycles. The zero-order valence-corrected chi connectivity index (χ0v) is 10.6. The van der Waals surface area contributed by atoms with Crippen LogP contribution in [0.2, 0.25) is 0 Å². The van der Waals surface area contributed by atoms with Crippen molar-refractivity contribution in [2.24, 2.45) is 5.92 Å². The van der Waals surface area contributed by atoms with Crippen LogP contribution in [-0.2, 0) is 6.61 Å². The minimum absolute atomic E-state index is 0.0146. The normalized spacial score (nSPS) is 24.8. The first-order valence-corrected chi connectivity index (χ1v) is 6.76. The van der Waals surface area contributed by atoms with Gasteiger partial charge in [0.2, 0.25) is 0 Å². The molecule has 1 aromatic rings. The summed E-state index contributed by atoms with van der Waals surface area (Å²) in [7, 11) is 0. The third-order valence-electron chi connectivity index (χ3n) is 3.80. The minimum atomic E-state index is 0.0146. The lowest BCUT2D eigenvalue weighted by molar-refractivity contribution is 0.273. The van der Waals surface area contributed by atoms with Crippen LogP contribution in [0.5, 0.6) is 0 Å². The first-order valence-electron chi connectivity index (χ1n) is 6.76. The molecule has 94 valence electrons. The second kappa shape index (κ2) is 6.10. The predicted molar refractivity (Wildman–Crippen MR) is 67.6 cm³/mol. The standard InChI is InChI=1S/C14H22N2O/c1-2-3-11-4-6-12(7-5-11)14-15-9-8-13(10-17)16-14/h8-9,11-12,17H,2-7,10H2,1H3. The molecule has 0 bridgehead atoms. The van der Waals surface area contributed by atoms with Crippen molar-refractivity contribution in [3.63, 3.8) is 0 Å². The van der Waals surface area contributed by atoms with E-state index in [1.807, 2.05) is 0 Å². The Bertz CT molecular complexity index is 346. The Kier molecular flexibility index (Phi) is 4.49. The topological polar surface area (TPSA) is 46.0 Å². The molecule has 2 rings (SSSR count). The summed E-state index contributed by atoms with van der Waals surface area (Å²) in [6.07, 6.45) is 9.47. The molecular formula is C14H22N2O. The summed E-state index contributed by atoms with van der Waals surface area (Å²) in [5, 5.41) is 9.08. The Morgan fingerprint density at radius 3 is 2.71 bits per heavy atom. The van der Waals surface area contributed by atoms with E-state index >= 15 is 0 Å². The highest BCUT2D eigenvalue weighted by atomic mass is 16.3. The zero-order valence-electron chi connectivity index (χ0n) is 10.6. The first-order chi connectivity index (χ1) is 8.33. The molecule has 0 radical (unpaired) electrons. The summed E-state index contributed by atoms with van der Waals surface area (Å²) in [5.74, 6) is 2.36. The molecule has 0 unspecified atom stereocenters. The molecule has 0 saturated heterocycles. The van der Waals surface area contributed by atoms with Crippen molar-refractivity contribution in [3.8, 4) is 0 Å². The lowest BCUT2D eigenvalue weighted by atomic mass is 9.80. The third kappa shape index (κ3) is 3.25. The lowest BCUT2D eigenvalue weighted by Crippen LogP contribution is -2.15. The molecule has 1 fully saturated rings. The Labute approximate surface area is 103 Å². The average molecular weight is 234 g/mol. The first kappa shape index (κ1) is 12.5. The highest BCUT2D eigenvalue weighted by Gasteiger charge is 2.23.